The lowest BCUT2D eigenvalue weighted by Crippen LogP contribution is -2.31. The number of hydrogen-bond donors (Lipinski definition) is 1. The molecule has 2 atom stereocenters. The summed E-state index contributed by atoms with van der Waals surface area (Å²) in [4.78, 5) is 0. The Bertz CT molecular complexity index is 379. The molecule has 0 aliphatic heterocycles. The Balaban J connectivity index is 3.04. The van der Waals surface area contributed by atoms with Crippen LogP contribution in [0.15, 0.2) is 22.7 Å². The van der Waals surface area contributed by atoms with Crippen molar-refractivity contribution in [3.63, 3.8) is 0 Å². The van der Waals surface area contributed by atoms with Crippen molar-refractivity contribution in [2.45, 2.75) is 40.2 Å². The monoisotopic (exact) mass is 315 g/mol. The molecule has 0 amide bonds. The zero-order valence-corrected chi connectivity index (χ0v) is 13.2. The van der Waals surface area contributed by atoms with Gasteiger partial charge < -0.3 is 5.32 Å². The zero-order chi connectivity index (χ0) is 13.7. The van der Waals surface area contributed by atoms with E-state index in [9.17, 15) is 4.39 Å². The predicted octanol–water partition coefficient (Wildman–Crippen LogP) is 4.92. The van der Waals surface area contributed by atoms with Crippen LogP contribution in [0.3, 0.4) is 0 Å². The van der Waals surface area contributed by atoms with Crippen LogP contribution >= 0.6 is 15.9 Å². The number of halogens is 2. The summed E-state index contributed by atoms with van der Waals surface area (Å²) >= 11 is 3.27. The molecule has 0 aromatic heterocycles. The molecule has 0 spiro atoms. The second-order valence-electron chi connectivity index (χ2n) is 5.18. The molecule has 1 aromatic rings. The van der Waals surface area contributed by atoms with Gasteiger partial charge in [-0.1, -0.05) is 39.8 Å². The third-order valence-corrected chi connectivity index (χ3v) is 4.12. The molecule has 0 saturated carbocycles. The lowest BCUT2D eigenvalue weighted by atomic mass is 9.86. The molecule has 1 N–H and O–H groups in total. The number of nitrogens with one attached hydrogen (secondary N) is 1. The Morgan fingerprint density at radius 3 is 2.50 bits per heavy atom. The highest BCUT2D eigenvalue weighted by molar-refractivity contribution is 9.10. The molecule has 0 radical (unpaired) electrons. The van der Waals surface area contributed by atoms with Crippen LogP contribution in [-0.2, 0) is 0 Å². The minimum absolute atomic E-state index is 0.0717. The topological polar surface area (TPSA) is 12.0 Å². The summed E-state index contributed by atoms with van der Waals surface area (Å²) in [5.74, 6) is 0.761. The summed E-state index contributed by atoms with van der Waals surface area (Å²) < 4.78 is 14.8. The standard InChI is InChI=1S/C15H23BrFN/c1-5-9-18-15(11(4)10(2)3)12-7-6-8-13(16)14(12)17/h6-8,10-11,15,18H,5,9H2,1-4H3. The lowest BCUT2D eigenvalue weighted by Gasteiger charge is -2.29. The van der Waals surface area contributed by atoms with Crippen LogP contribution in [0, 0.1) is 17.7 Å². The van der Waals surface area contributed by atoms with E-state index in [1.807, 2.05) is 12.1 Å². The van der Waals surface area contributed by atoms with Crippen molar-refractivity contribution in [3.8, 4) is 0 Å². The molecule has 0 aliphatic carbocycles. The Labute approximate surface area is 118 Å². The first-order valence-corrected chi connectivity index (χ1v) is 7.45. The Morgan fingerprint density at radius 2 is 1.94 bits per heavy atom. The van der Waals surface area contributed by atoms with E-state index >= 15 is 0 Å². The molecular formula is C15H23BrFN. The summed E-state index contributed by atoms with van der Waals surface area (Å²) in [6, 6.07) is 5.60. The first-order chi connectivity index (χ1) is 8.49. The van der Waals surface area contributed by atoms with Gasteiger partial charge in [0.25, 0.3) is 0 Å². The van der Waals surface area contributed by atoms with Gasteiger partial charge in [-0.3, -0.25) is 0 Å². The fourth-order valence-corrected chi connectivity index (χ4v) is 2.41. The molecular weight excluding hydrogens is 293 g/mol. The summed E-state index contributed by atoms with van der Waals surface area (Å²) in [5, 5.41) is 3.47. The van der Waals surface area contributed by atoms with Crippen LogP contribution in [0.5, 0.6) is 0 Å². The van der Waals surface area contributed by atoms with Gasteiger partial charge >= 0.3 is 0 Å². The Morgan fingerprint density at radius 1 is 1.28 bits per heavy atom. The molecule has 0 saturated heterocycles. The van der Waals surface area contributed by atoms with E-state index in [2.05, 4.69) is 48.9 Å². The van der Waals surface area contributed by atoms with Crippen LogP contribution < -0.4 is 5.32 Å². The Kier molecular flexibility index (Phi) is 6.30. The molecule has 0 aliphatic rings. The first-order valence-electron chi connectivity index (χ1n) is 6.66. The second-order valence-corrected chi connectivity index (χ2v) is 6.03. The number of benzene rings is 1. The van der Waals surface area contributed by atoms with Crippen LogP contribution in [0.2, 0.25) is 0 Å². The van der Waals surface area contributed by atoms with Gasteiger partial charge in [0, 0.05) is 11.6 Å². The van der Waals surface area contributed by atoms with Crippen LogP contribution in [0.1, 0.15) is 45.7 Å². The second kappa shape index (κ2) is 7.25. The Hall–Kier alpha value is -0.410. The van der Waals surface area contributed by atoms with E-state index in [0.29, 0.717) is 16.3 Å². The van der Waals surface area contributed by atoms with Crippen molar-refractivity contribution in [1.29, 1.82) is 0 Å². The largest absolute Gasteiger partial charge is 0.310 e. The van der Waals surface area contributed by atoms with Crippen molar-refractivity contribution in [3.05, 3.63) is 34.1 Å². The van der Waals surface area contributed by atoms with Gasteiger partial charge in [-0.05, 0) is 46.8 Å². The van der Waals surface area contributed by atoms with Gasteiger partial charge in [-0.2, -0.15) is 0 Å². The number of hydrogen-bond acceptors (Lipinski definition) is 1. The zero-order valence-electron chi connectivity index (χ0n) is 11.6. The van der Waals surface area contributed by atoms with Gasteiger partial charge in [0.05, 0.1) is 4.47 Å². The smallest absolute Gasteiger partial charge is 0.142 e. The summed E-state index contributed by atoms with van der Waals surface area (Å²) in [5.41, 5.74) is 0.763. The van der Waals surface area contributed by atoms with Gasteiger partial charge in [0.2, 0.25) is 0 Å². The van der Waals surface area contributed by atoms with E-state index in [1.54, 1.807) is 6.07 Å². The molecule has 1 aromatic carbocycles. The third kappa shape index (κ3) is 3.79. The summed E-state index contributed by atoms with van der Waals surface area (Å²) in [6.07, 6.45) is 1.05. The molecule has 3 heteroatoms. The molecule has 0 fully saturated rings. The lowest BCUT2D eigenvalue weighted by molar-refractivity contribution is 0.297. The number of rotatable bonds is 6. The molecule has 102 valence electrons. The summed E-state index contributed by atoms with van der Waals surface area (Å²) in [7, 11) is 0. The molecule has 2 unspecified atom stereocenters. The summed E-state index contributed by atoms with van der Waals surface area (Å²) in [6.45, 7) is 9.58. The highest BCUT2D eigenvalue weighted by Crippen LogP contribution is 2.31. The molecule has 0 heterocycles. The van der Waals surface area contributed by atoms with Crippen molar-refractivity contribution < 1.29 is 4.39 Å². The van der Waals surface area contributed by atoms with Gasteiger partial charge in [-0.25, -0.2) is 4.39 Å². The molecule has 0 bridgehead atoms. The van der Waals surface area contributed by atoms with Gasteiger partial charge in [-0.15, -0.1) is 0 Å². The minimum atomic E-state index is -0.140. The van der Waals surface area contributed by atoms with E-state index in [0.717, 1.165) is 18.5 Å². The first kappa shape index (κ1) is 15.6. The molecule has 18 heavy (non-hydrogen) atoms. The van der Waals surface area contributed by atoms with E-state index in [4.69, 9.17) is 0 Å². The van der Waals surface area contributed by atoms with Gasteiger partial charge in [0.1, 0.15) is 5.82 Å². The average Bonchev–Trinajstić information content (AvgIpc) is 2.34. The van der Waals surface area contributed by atoms with Crippen molar-refractivity contribution in [2.24, 2.45) is 11.8 Å². The highest BCUT2D eigenvalue weighted by atomic mass is 79.9. The third-order valence-electron chi connectivity index (χ3n) is 3.51. The fraction of sp³-hybridized carbons (Fsp3) is 0.600. The van der Waals surface area contributed by atoms with Crippen LogP contribution in [0.25, 0.3) is 0 Å². The minimum Gasteiger partial charge on any atom is -0.310 e. The van der Waals surface area contributed by atoms with Gasteiger partial charge in [0.15, 0.2) is 0 Å². The predicted molar refractivity (Wildman–Crippen MR) is 79.1 cm³/mol. The highest BCUT2D eigenvalue weighted by Gasteiger charge is 2.24. The van der Waals surface area contributed by atoms with E-state index < -0.39 is 0 Å². The fourth-order valence-electron chi connectivity index (χ4n) is 2.02. The maximum Gasteiger partial charge on any atom is 0.142 e. The van der Waals surface area contributed by atoms with Crippen molar-refractivity contribution in [1.82, 2.24) is 5.32 Å². The normalized spacial score (nSPS) is 14.8. The molecule has 1 rings (SSSR count). The van der Waals surface area contributed by atoms with E-state index in [-0.39, 0.29) is 11.9 Å². The molecule has 1 nitrogen and oxygen atoms in total. The average molecular weight is 316 g/mol. The van der Waals surface area contributed by atoms with Crippen molar-refractivity contribution >= 4 is 15.9 Å². The van der Waals surface area contributed by atoms with Crippen molar-refractivity contribution in [2.75, 3.05) is 6.54 Å². The van der Waals surface area contributed by atoms with Crippen LogP contribution in [0.4, 0.5) is 4.39 Å². The maximum absolute atomic E-state index is 14.2. The van der Waals surface area contributed by atoms with E-state index in [1.165, 1.54) is 0 Å². The quantitative estimate of drug-likeness (QED) is 0.785. The van der Waals surface area contributed by atoms with Crippen LogP contribution in [-0.4, -0.2) is 6.54 Å². The SMILES string of the molecule is CCCNC(c1cccc(Br)c1F)C(C)C(C)C. The maximum atomic E-state index is 14.2.